The van der Waals surface area contributed by atoms with Crippen LogP contribution in [0.15, 0.2) is 42.5 Å². The van der Waals surface area contributed by atoms with Crippen LogP contribution in [-0.2, 0) is 4.79 Å². The minimum atomic E-state index is -0.214. The summed E-state index contributed by atoms with van der Waals surface area (Å²) in [6.45, 7) is 7.89. The summed E-state index contributed by atoms with van der Waals surface area (Å²) in [6.07, 6.45) is 0.753. The van der Waals surface area contributed by atoms with Crippen molar-refractivity contribution in [3.63, 3.8) is 0 Å². The van der Waals surface area contributed by atoms with E-state index in [1.54, 1.807) is 29.2 Å². The number of halogens is 1. The van der Waals surface area contributed by atoms with Gasteiger partial charge in [0.25, 0.3) is 5.91 Å². The van der Waals surface area contributed by atoms with Crippen LogP contribution in [0.3, 0.4) is 0 Å². The third-order valence-corrected chi connectivity index (χ3v) is 4.88. The lowest BCUT2D eigenvalue weighted by molar-refractivity contribution is -0.117. The van der Waals surface area contributed by atoms with Gasteiger partial charge in [0.15, 0.2) is 0 Å². The maximum atomic E-state index is 12.9. The number of nitrogens with one attached hydrogen (secondary N) is 1. The molecule has 138 valence electrons. The molecule has 4 nitrogen and oxygen atoms in total. The summed E-state index contributed by atoms with van der Waals surface area (Å²) in [7, 11) is 0. The van der Waals surface area contributed by atoms with Gasteiger partial charge in [0, 0.05) is 22.3 Å². The maximum absolute atomic E-state index is 12.9. The number of hydrogen-bond donors (Lipinski definition) is 1. The average Bonchev–Trinajstić information content (AvgIpc) is 2.62. The molecule has 0 saturated heterocycles. The molecule has 1 atom stereocenters. The number of amides is 2. The van der Waals surface area contributed by atoms with Crippen molar-refractivity contribution in [3.8, 4) is 0 Å². The van der Waals surface area contributed by atoms with Gasteiger partial charge in [0.2, 0.25) is 5.91 Å². The van der Waals surface area contributed by atoms with E-state index in [2.05, 4.69) is 5.32 Å². The first-order chi connectivity index (χ1) is 12.3. The van der Waals surface area contributed by atoms with Crippen molar-refractivity contribution in [2.24, 2.45) is 0 Å². The minimum Gasteiger partial charge on any atom is -0.327 e. The van der Waals surface area contributed by atoms with Crippen LogP contribution in [0.25, 0.3) is 0 Å². The fourth-order valence-electron chi connectivity index (χ4n) is 2.67. The number of hydrogen-bond acceptors (Lipinski definition) is 2. The van der Waals surface area contributed by atoms with Gasteiger partial charge in [0.05, 0.1) is 0 Å². The molecule has 0 radical (unpaired) electrons. The van der Waals surface area contributed by atoms with E-state index < -0.39 is 0 Å². The number of aryl methyl sites for hydroxylation is 1. The Labute approximate surface area is 160 Å². The highest BCUT2D eigenvalue weighted by Crippen LogP contribution is 2.19. The van der Waals surface area contributed by atoms with Gasteiger partial charge in [-0.15, -0.1) is 0 Å². The Hall–Kier alpha value is -2.33. The number of anilines is 1. The number of carbonyl (C=O) groups is 2. The predicted molar refractivity (Wildman–Crippen MR) is 107 cm³/mol. The van der Waals surface area contributed by atoms with Crippen molar-refractivity contribution in [2.45, 2.75) is 40.2 Å². The highest BCUT2D eigenvalue weighted by atomic mass is 35.5. The summed E-state index contributed by atoms with van der Waals surface area (Å²) in [5.74, 6) is -0.410. The third kappa shape index (κ3) is 4.85. The fourth-order valence-corrected chi connectivity index (χ4v) is 2.86. The lowest BCUT2D eigenvalue weighted by Gasteiger charge is -2.28. The molecule has 1 N–H and O–H groups in total. The van der Waals surface area contributed by atoms with Gasteiger partial charge in [-0.05, 0) is 62.6 Å². The highest BCUT2D eigenvalue weighted by molar-refractivity contribution is 6.31. The summed E-state index contributed by atoms with van der Waals surface area (Å²) < 4.78 is 0. The second-order valence-electron chi connectivity index (χ2n) is 6.50. The molecule has 26 heavy (non-hydrogen) atoms. The third-order valence-electron chi connectivity index (χ3n) is 4.65. The van der Waals surface area contributed by atoms with Crippen molar-refractivity contribution in [1.29, 1.82) is 0 Å². The molecule has 0 aromatic heterocycles. The Kier molecular flexibility index (Phi) is 6.81. The van der Waals surface area contributed by atoms with Gasteiger partial charge in [-0.3, -0.25) is 9.59 Å². The molecular formula is C21H25ClN2O2. The Morgan fingerprint density at radius 1 is 1.15 bits per heavy atom. The van der Waals surface area contributed by atoms with Gasteiger partial charge < -0.3 is 10.2 Å². The number of carbonyl (C=O) groups excluding carboxylic acids is 2. The van der Waals surface area contributed by atoms with E-state index in [1.807, 2.05) is 45.9 Å². The van der Waals surface area contributed by atoms with Crippen LogP contribution >= 0.6 is 11.6 Å². The molecule has 5 heteroatoms. The maximum Gasteiger partial charge on any atom is 0.254 e. The summed E-state index contributed by atoms with van der Waals surface area (Å²) in [4.78, 5) is 27.1. The monoisotopic (exact) mass is 372 g/mol. The van der Waals surface area contributed by atoms with Gasteiger partial charge >= 0.3 is 0 Å². The number of nitrogens with zero attached hydrogens (tertiary/aromatic N) is 1. The zero-order valence-electron chi connectivity index (χ0n) is 15.7. The predicted octanol–water partition coefficient (Wildman–Crippen LogP) is 4.84. The minimum absolute atomic E-state index is 0.00622. The van der Waals surface area contributed by atoms with Crippen molar-refractivity contribution in [3.05, 3.63) is 64.2 Å². The Morgan fingerprint density at radius 3 is 2.50 bits per heavy atom. The lowest BCUT2D eigenvalue weighted by Crippen LogP contribution is -2.43. The second kappa shape index (κ2) is 8.86. The SMILES string of the molecule is CCC(C)N(CC(=O)Nc1cccc(C)c1C)C(=O)c1cccc(Cl)c1. The molecule has 0 spiro atoms. The summed E-state index contributed by atoms with van der Waals surface area (Å²) in [5.41, 5.74) is 3.39. The van der Waals surface area contributed by atoms with Crippen LogP contribution in [0.2, 0.25) is 5.02 Å². The highest BCUT2D eigenvalue weighted by Gasteiger charge is 2.23. The molecule has 2 rings (SSSR count). The van der Waals surface area contributed by atoms with Gasteiger partial charge in [-0.25, -0.2) is 0 Å². The second-order valence-corrected chi connectivity index (χ2v) is 6.93. The van der Waals surface area contributed by atoms with Crippen LogP contribution in [0.4, 0.5) is 5.69 Å². The largest absolute Gasteiger partial charge is 0.327 e. The molecular weight excluding hydrogens is 348 g/mol. The van der Waals surface area contributed by atoms with Crippen LogP contribution in [0, 0.1) is 13.8 Å². The summed E-state index contributed by atoms with van der Waals surface area (Å²) in [5, 5.41) is 3.42. The van der Waals surface area contributed by atoms with Crippen LogP contribution in [0.5, 0.6) is 0 Å². The zero-order valence-corrected chi connectivity index (χ0v) is 16.4. The van der Waals surface area contributed by atoms with E-state index in [1.165, 1.54) is 0 Å². The van der Waals surface area contributed by atoms with Crippen molar-refractivity contribution in [2.75, 3.05) is 11.9 Å². The van der Waals surface area contributed by atoms with Gasteiger partial charge in [-0.2, -0.15) is 0 Å². The zero-order chi connectivity index (χ0) is 19.3. The van der Waals surface area contributed by atoms with Crippen LogP contribution in [-0.4, -0.2) is 29.3 Å². The molecule has 0 aliphatic carbocycles. The van der Waals surface area contributed by atoms with E-state index in [0.29, 0.717) is 10.6 Å². The van der Waals surface area contributed by atoms with Gasteiger partial charge in [-0.1, -0.05) is 36.7 Å². The first-order valence-corrected chi connectivity index (χ1v) is 9.13. The Morgan fingerprint density at radius 2 is 1.85 bits per heavy atom. The molecule has 0 bridgehead atoms. The Balaban J connectivity index is 2.18. The summed E-state index contributed by atoms with van der Waals surface area (Å²) in [6, 6.07) is 12.5. The van der Waals surface area contributed by atoms with Crippen molar-refractivity contribution < 1.29 is 9.59 Å². The topological polar surface area (TPSA) is 49.4 Å². The quantitative estimate of drug-likeness (QED) is 0.789. The number of rotatable bonds is 6. The molecule has 0 aliphatic heterocycles. The number of benzene rings is 2. The van der Waals surface area contributed by atoms with Crippen LogP contribution in [0.1, 0.15) is 41.8 Å². The van der Waals surface area contributed by atoms with E-state index in [9.17, 15) is 9.59 Å². The van der Waals surface area contributed by atoms with Crippen molar-refractivity contribution in [1.82, 2.24) is 4.90 Å². The smallest absolute Gasteiger partial charge is 0.254 e. The molecule has 2 aromatic rings. The average molecular weight is 373 g/mol. The van der Waals surface area contributed by atoms with E-state index in [4.69, 9.17) is 11.6 Å². The fraction of sp³-hybridized carbons (Fsp3) is 0.333. The molecule has 0 heterocycles. The molecule has 0 aliphatic rings. The molecule has 2 aromatic carbocycles. The molecule has 2 amide bonds. The lowest BCUT2D eigenvalue weighted by atomic mass is 10.1. The molecule has 0 fully saturated rings. The van der Waals surface area contributed by atoms with Crippen LogP contribution < -0.4 is 5.32 Å². The van der Waals surface area contributed by atoms with Crippen molar-refractivity contribution >= 4 is 29.1 Å². The normalized spacial score (nSPS) is 11.7. The summed E-state index contributed by atoms with van der Waals surface area (Å²) >= 11 is 6.00. The first-order valence-electron chi connectivity index (χ1n) is 8.76. The Bertz CT molecular complexity index is 804. The van der Waals surface area contributed by atoms with E-state index in [0.717, 1.165) is 23.2 Å². The van der Waals surface area contributed by atoms with E-state index >= 15 is 0 Å². The van der Waals surface area contributed by atoms with E-state index in [-0.39, 0.29) is 24.4 Å². The first kappa shape index (κ1) is 20.0. The molecule has 1 unspecified atom stereocenters. The standard InChI is InChI=1S/C21H25ClN2O2/c1-5-15(3)24(21(26)17-9-7-10-18(22)12-17)13-20(25)23-19-11-6-8-14(2)16(19)4/h6-12,15H,5,13H2,1-4H3,(H,23,25). The molecule has 0 saturated carbocycles. The van der Waals surface area contributed by atoms with Gasteiger partial charge in [0.1, 0.15) is 6.54 Å².